The van der Waals surface area contributed by atoms with E-state index in [1.807, 2.05) is 13.6 Å². The quantitative estimate of drug-likeness (QED) is 0.456. The Hall–Kier alpha value is -0.165. The zero-order valence-corrected chi connectivity index (χ0v) is 6.73. The maximum absolute atomic E-state index is 5.27. The minimum atomic E-state index is 0.306. The molecule has 0 aromatic rings. The minimum absolute atomic E-state index is 0.306. The molecule has 0 amide bonds. The van der Waals surface area contributed by atoms with Gasteiger partial charge in [0.1, 0.15) is 0 Å². The van der Waals surface area contributed by atoms with Crippen LogP contribution in [-0.2, 0) is 0 Å². The first-order valence-electron chi connectivity index (χ1n) is 3.19. The van der Waals surface area contributed by atoms with Crippen molar-refractivity contribution in [2.24, 2.45) is 0 Å². The van der Waals surface area contributed by atoms with E-state index in [0.717, 1.165) is 6.42 Å². The molecular formula is C7H12BCl. The van der Waals surface area contributed by atoms with Gasteiger partial charge in [-0.3, -0.25) is 0 Å². The van der Waals surface area contributed by atoms with Crippen molar-refractivity contribution < 1.29 is 0 Å². The molecule has 2 heteroatoms. The maximum Gasteiger partial charge on any atom is 0.244 e. The second kappa shape index (κ2) is 5.96. The summed E-state index contributed by atoms with van der Waals surface area (Å²) in [6, 6.07) is 0. The summed E-state index contributed by atoms with van der Waals surface area (Å²) in [7, 11) is 0. The molecule has 0 atom stereocenters. The van der Waals surface area contributed by atoms with Crippen molar-refractivity contribution in [3.8, 4) is 0 Å². The molecule has 0 spiro atoms. The number of hydrogen-bond donors (Lipinski definition) is 0. The summed E-state index contributed by atoms with van der Waals surface area (Å²) < 4.78 is 0. The lowest BCUT2D eigenvalue weighted by molar-refractivity contribution is 1.45. The lowest BCUT2D eigenvalue weighted by Crippen LogP contribution is -1.78. The molecule has 9 heavy (non-hydrogen) atoms. The molecule has 0 saturated carbocycles. The van der Waals surface area contributed by atoms with Crippen LogP contribution < -0.4 is 0 Å². The van der Waals surface area contributed by atoms with E-state index in [0.29, 0.717) is 6.13 Å². The summed E-state index contributed by atoms with van der Waals surface area (Å²) in [6.45, 7) is 3.86. The number of rotatable bonds is 0. The second-order valence-corrected chi connectivity index (χ2v) is 2.98. The van der Waals surface area contributed by atoms with Gasteiger partial charge in [0, 0.05) is 0 Å². The topological polar surface area (TPSA) is 0 Å². The van der Waals surface area contributed by atoms with Crippen LogP contribution in [0.1, 0.15) is 6.42 Å². The Morgan fingerprint density at radius 3 is 1.67 bits per heavy atom. The van der Waals surface area contributed by atoms with Crippen LogP contribution in [0.4, 0.5) is 0 Å². The Labute approximate surface area is 62.6 Å². The summed E-state index contributed by atoms with van der Waals surface area (Å²) in [4.78, 5) is 0. The lowest BCUT2D eigenvalue weighted by Gasteiger charge is -1.68. The molecular weight excluding hydrogens is 130 g/mol. The molecule has 0 aliphatic heterocycles. The van der Waals surface area contributed by atoms with Crippen molar-refractivity contribution in [2.75, 3.05) is 0 Å². The van der Waals surface area contributed by atoms with Crippen LogP contribution in [0, 0.1) is 0 Å². The summed E-state index contributed by atoms with van der Waals surface area (Å²) in [5.74, 6) is 0. The number of hydrogen-bond acceptors (Lipinski definition) is 0. The predicted molar refractivity (Wildman–Crippen MR) is 46.2 cm³/mol. The highest BCUT2D eigenvalue weighted by Gasteiger charge is 1.81. The fraction of sp³-hybridized carbons (Fsp3) is 0.429. The maximum atomic E-state index is 5.27. The van der Waals surface area contributed by atoms with Crippen LogP contribution in [0.2, 0.25) is 13.6 Å². The van der Waals surface area contributed by atoms with E-state index in [1.165, 1.54) is 0 Å². The van der Waals surface area contributed by atoms with Gasteiger partial charge in [0.2, 0.25) is 6.13 Å². The lowest BCUT2D eigenvalue weighted by atomic mass is 9.85. The predicted octanol–water partition coefficient (Wildman–Crippen LogP) is 2.98. The Bertz CT molecular complexity index is 92.7. The molecule has 0 unspecified atom stereocenters. The standard InChI is InChI=1S/C5H6.C2H6BCl/c1-2-4-5-3-1;1-3(2)4/h1-4H,5H2;1-2H3. The van der Waals surface area contributed by atoms with Crippen molar-refractivity contribution in [3.05, 3.63) is 24.3 Å². The largest absolute Gasteiger partial charge is 0.244 e. The van der Waals surface area contributed by atoms with Gasteiger partial charge in [-0.15, -0.1) is 0 Å². The first kappa shape index (κ1) is 8.83. The fourth-order valence-corrected chi connectivity index (χ4v) is 0.393. The summed E-state index contributed by atoms with van der Waals surface area (Å²) in [5, 5.41) is 0. The van der Waals surface area contributed by atoms with Crippen LogP contribution >= 0.6 is 11.5 Å². The highest BCUT2D eigenvalue weighted by atomic mass is 35.5. The molecule has 0 aromatic carbocycles. The van der Waals surface area contributed by atoms with Gasteiger partial charge in [-0.05, 0) is 6.42 Å². The molecule has 0 radical (unpaired) electrons. The number of allylic oxidation sites excluding steroid dienone is 4. The van der Waals surface area contributed by atoms with Gasteiger partial charge in [0.15, 0.2) is 0 Å². The summed E-state index contributed by atoms with van der Waals surface area (Å²) in [6.07, 6.45) is 9.81. The highest BCUT2D eigenvalue weighted by Crippen LogP contribution is 1.93. The molecule has 0 nitrogen and oxygen atoms in total. The number of halogens is 1. The molecule has 1 aliphatic rings. The Morgan fingerprint density at radius 1 is 1.22 bits per heavy atom. The molecule has 0 N–H and O–H groups in total. The van der Waals surface area contributed by atoms with Gasteiger partial charge in [0.25, 0.3) is 0 Å². The van der Waals surface area contributed by atoms with E-state index in [-0.39, 0.29) is 0 Å². The molecule has 0 fully saturated rings. The fourth-order valence-electron chi connectivity index (χ4n) is 0.393. The first-order chi connectivity index (χ1) is 4.23. The van der Waals surface area contributed by atoms with Crippen LogP contribution in [0.15, 0.2) is 24.3 Å². The van der Waals surface area contributed by atoms with Crippen molar-refractivity contribution in [1.29, 1.82) is 0 Å². The molecule has 0 bridgehead atoms. The molecule has 0 aromatic heterocycles. The van der Waals surface area contributed by atoms with Gasteiger partial charge >= 0.3 is 0 Å². The minimum Gasteiger partial charge on any atom is -0.196 e. The average molecular weight is 142 g/mol. The van der Waals surface area contributed by atoms with Crippen molar-refractivity contribution >= 4 is 17.6 Å². The Balaban J connectivity index is 0.000000148. The third-order valence-corrected chi connectivity index (χ3v) is 0.655. The van der Waals surface area contributed by atoms with E-state index in [4.69, 9.17) is 11.5 Å². The average Bonchev–Trinajstić information content (AvgIpc) is 2.11. The van der Waals surface area contributed by atoms with Crippen LogP contribution in [-0.4, -0.2) is 6.13 Å². The third-order valence-electron chi connectivity index (χ3n) is 0.655. The highest BCUT2D eigenvalue weighted by molar-refractivity contribution is 7.05. The Kier molecular flexibility index (Phi) is 5.85. The second-order valence-electron chi connectivity index (χ2n) is 2.11. The molecule has 1 aliphatic carbocycles. The van der Waals surface area contributed by atoms with Crippen molar-refractivity contribution in [2.45, 2.75) is 20.1 Å². The Morgan fingerprint density at radius 2 is 1.56 bits per heavy atom. The molecule has 50 valence electrons. The first-order valence-corrected chi connectivity index (χ1v) is 3.63. The molecule has 0 heterocycles. The zero-order valence-electron chi connectivity index (χ0n) is 5.97. The SMILES string of the molecule is C1=CCC=C1.CB(C)Cl. The smallest absolute Gasteiger partial charge is 0.196 e. The van der Waals surface area contributed by atoms with E-state index in [1.54, 1.807) is 0 Å². The van der Waals surface area contributed by atoms with Gasteiger partial charge in [0.05, 0.1) is 0 Å². The van der Waals surface area contributed by atoms with Crippen molar-refractivity contribution in [3.63, 3.8) is 0 Å². The van der Waals surface area contributed by atoms with E-state index >= 15 is 0 Å². The zero-order chi connectivity index (χ0) is 7.11. The van der Waals surface area contributed by atoms with Gasteiger partial charge in [-0.1, -0.05) is 38.0 Å². The normalized spacial score (nSPS) is 12.8. The van der Waals surface area contributed by atoms with Gasteiger partial charge in [-0.25, -0.2) is 0 Å². The van der Waals surface area contributed by atoms with Crippen LogP contribution in [0.25, 0.3) is 0 Å². The van der Waals surface area contributed by atoms with Crippen molar-refractivity contribution in [1.82, 2.24) is 0 Å². The van der Waals surface area contributed by atoms with E-state index < -0.39 is 0 Å². The van der Waals surface area contributed by atoms with Gasteiger partial charge in [-0.2, -0.15) is 11.5 Å². The van der Waals surface area contributed by atoms with Crippen LogP contribution in [0.5, 0.6) is 0 Å². The van der Waals surface area contributed by atoms with Crippen LogP contribution in [0.3, 0.4) is 0 Å². The van der Waals surface area contributed by atoms with Gasteiger partial charge < -0.3 is 0 Å². The molecule has 1 rings (SSSR count). The van der Waals surface area contributed by atoms with E-state index in [9.17, 15) is 0 Å². The van der Waals surface area contributed by atoms with E-state index in [2.05, 4.69) is 24.3 Å². The summed E-state index contributed by atoms with van der Waals surface area (Å²) in [5.41, 5.74) is 0. The third kappa shape index (κ3) is 11.4. The monoisotopic (exact) mass is 142 g/mol. The summed E-state index contributed by atoms with van der Waals surface area (Å²) >= 11 is 5.27. The molecule has 0 saturated heterocycles.